The molecule has 0 atom stereocenters. The average Bonchev–Trinajstić information content (AvgIpc) is 2.62. The van der Waals surface area contributed by atoms with Gasteiger partial charge in [-0.05, 0) is 31.2 Å². The van der Waals surface area contributed by atoms with E-state index in [0.717, 1.165) is 30.0 Å². The fraction of sp³-hybridized carbons (Fsp3) is 0.300. The van der Waals surface area contributed by atoms with Crippen LogP contribution in [-0.2, 0) is 4.79 Å². The van der Waals surface area contributed by atoms with Crippen molar-refractivity contribution in [1.82, 2.24) is 4.90 Å². The fourth-order valence-electron chi connectivity index (χ4n) is 3.10. The third-order valence-corrected chi connectivity index (χ3v) is 4.50. The number of amides is 2. The van der Waals surface area contributed by atoms with Gasteiger partial charge in [0.1, 0.15) is 0 Å². The van der Waals surface area contributed by atoms with Crippen molar-refractivity contribution in [2.75, 3.05) is 36.4 Å². The number of piperazine rings is 1. The van der Waals surface area contributed by atoms with Crippen LogP contribution >= 0.6 is 0 Å². The number of rotatable bonds is 3. The topological polar surface area (TPSA) is 52.7 Å². The lowest BCUT2D eigenvalue weighted by Crippen LogP contribution is -2.48. The summed E-state index contributed by atoms with van der Waals surface area (Å²) in [5.74, 6) is -0.000734. The first-order valence-electron chi connectivity index (χ1n) is 8.52. The summed E-state index contributed by atoms with van der Waals surface area (Å²) < 4.78 is 0. The van der Waals surface area contributed by atoms with E-state index in [9.17, 15) is 9.59 Å². The highest BCUT2D eigenvalue weighted by Gasteiger charge is 2.21. The summed E-state index contributed by atoms with van der Waals surface area (Å²) in [6.07, 6.45) is 0. The molecule has 25 heavy (non-hydrogen) atoms. The molecule has 5 nitrogen and oxygen atoms in total. The molecule has 0 aromatic heterocycles. The SMILES string of the molecule is CC(=O)N1CCN(c2ccccc2NC(=O)c2cccc(C)c2)CC1. The predicted octanol–water partition coefficient (Wildman–Crippen LogP) is 2.92. The van der Waals surface area contributed by atoms with Crippen LogP contribution in [0, 0.1) is 6.92 Å². The summed E-state index contributed by atoms with van der Waals surface area (Å²) in [4.78, 5) is 28.1. The smallest absolute Gasteiger partial charge is 0.255 e. The summed E-state index contributed by atoms with van der Waals surface area (Å²) in [6, 6.07) is 15.4. The number of para-hydroxylation sites is 2. The Morgan fingerprint density at radius 1 is 0.960 bits per heavy atom. The molecule has 1 saturated heterocycles. The second kappa shape index (κ2) is 7.38. The van der Waals surface area contributed by atoms with Gasteiger partial charge in [-0.3, -0.25) is 9.59 Å². The average molecular weight is 337 g/mol. The van der Waals surface area contributed by atoms with Gasteiger partial charge in [-0.2, -0.15) is 0 Å². The van der Waals surface area contributed by atoms with Crippen LogP contribution in [0.25, 0.3) is 0 Å². The first-order valence-corrected chi connectivity index (χ1v) is 8.52. The van der Waals surface area contributed by atoms with E-state index in [-0.39, 0.29) is 11.8 Å². The Balaban J connectivity index is 1.75. The summed E-state index contributed by atoms with van der Waals surface area (Å²) in [5.41, 5.74) is 3.49. The molecule has 2 amide bonds. The highest BCUT2D eigenvalue weighted by atomic mass is 16.2. The first kappa shape index (κ1) is 17.0. The van der Waals surface area contributed by atoms with Gasteiger partial charge in [0.25, 0.3) is 5.91 Å². The molecule has 2 aromatic rings. The molecule has 1 fully saturated rings. The van der Waals surface area contributed by atoms with Crippen molar-refractivity contribution >= 4 is 23.2 Å². The first-order chi connectivity index (χ1) is 12.0. The van der Waals surface area contributed by atoms with E-state index in [0.29, 0.717) is 18.7 Å². The number of hydrogen-bond donors (Lipinski definition) is 1. The number of benzene rings is 2. The Kier molecular flexibility index (Phi) is 5.03. The number of nitrogens with one attached hydrogen (secondary N) is 1. The second-order valence-electron chi connectivity index (χ2n) is 6.33. The molecule has 0 bridgehead atoms. The minimum Gasteiger partial charge on any atom is -0.366 e. The number of anilines is 2. The van der Waals surface area contributed by atoms with Gasteiger partial charge in [0.15, 0.2) is 0 Å². The lowest BCUT2D eigenvalue weighted by molar-refractivity contribution is -0.129. The molecule has 5 heteroatoms. The van der Waals surface area contributed by atoms with Crippen LogP contribution in [-0.4, -0.2) is 42.9 Å². The minimum atomic E-state index is -0.112. The van der Waals surface area contributed by atoms with Gasteiger partial charge in [-0.15, -0.1) is 0 Å². The summed E-state index contributed by atoms with van der Waals surface area (Å²) in [7, 11) is 0. The molecular weight excluding hydrogens is 314 g/mol. The number of nitrogens with zero attached hydrogens (tertiary/aromatic N) is 2. The van der Waals surface area contributed by atoms with Crippen molar-refractivity contribution in [1.29, 1.82) is 0 Å². The molecule has 1 N–H and O–H groups in total. The zero-order valence-electron chi connectivity index (χ0n) is 14.7. The predicted molar refractivity (Wildman–Crippen MR) is 100 cm³/mol. The molecule has 0 unspecified atom stereocenters. The molecule has 1 aliphatic heterocycles. The number of hydrogen-bond acceptors (Lipinski definition) is 3. The van der Waals surface area contributed by atoms with Crippen molar-refractivity contribution in [3.8, 4) is 0 Å². The normalized spacial score (nSPS) is 14.3. The largest absolute Gasteiger partial charge is 0.366 e. The fourth-order valence-corrected chi connectivity index (χ4v) is 3.10. The van der Waals surface area contributed by atoms with Gasteiger partial charge < -0.3 is 15.1 Å². The van der Waals surface area contributed by atoms with Crippen molar-refractivity contribution in [3.05, 3.63) is 59.7 Å². The maximum absolute atomic E-state index is 12.6. The van der Waals surface area contributed by atoms with Crippen molar-refractivity contribution < 1.29 is 9.59 Å². The lowest BCUT2D eigenvalue weighted by Gasteiger charge is -2.36. The molecule has 0 aliphatic carbocycles. The van der Waals surface area contributed by atoms with Crippen LogP contribution in [0.3, 0.4) is 0 Å². The van der Waals surface area contributed by atoms with E-state index in [2.05, 4.69) is 10.2 Å². The Morgan fingerprint density at radius 2 is 1.68 bits per heavy atom. The second-order valence-corrected chi connectivity index (χ2v) is 6.33. The molecule has 2 aromatic carbocycles. The number of carbonyl (C=O) groups is 2. The number of carbonyl (C=O) groups excluding carboxylic acids is 2. The van der Waals surface area contributed by atoms with Crippen LogP contribution in [0.4, 0.5) is 11.4 Å². The third-order valence-electron chi connectivity index (χ3n) is 4.50. The monoisotopic (exact) mass is 337 g/mol. The van der Waals surface area contributed by atoms with E-state index in [4.69, 9.17) is 0 Å². The highest BCUT2D eigenvalue weighted by molar-refractivity contribution is 6.06. The van der Waals surface area contributed by atoms with Gasteiger partial charge in [0.05, 0.1) is 11.4 Å². The van der Waals surface area contributed by atoms with Gasteiger partial charge in [0, 0.05) is 38.7 Å². The van der Waals surface area contributed by atoms with E-state index >= 15 is 0 Å². The molecule has 0 saturated carbocycles. The van der Waals surface area contributed by atoms with E-state index in [1.165, 1.54) is 0 Å². The maximum Gasteiger partial charge on any atom is 0.255 e. The molecule has 0 spiro atoms. The standard InChI is InChI=1S/C20H23N3O2/c1-15-6-5-7-17(14-15)20(25)21-18-8-3-4-9-19(18)23-12-10-22(11-13-23)16(2)24/h3-9,14H,10-13H2,1-2H3,(H,21,25). The molecule has 3 rings (SSSR count). The molecule has 1 heterocycles. The Bertz CT molecular complexity index is 780. The molecule has 0 radical (unpaired) electrons. The van der Waals surface area contributed by atoms with Crippen molar-refractivity contribution in [2.45, 2.75) is 13.8 Å². The minimum absolute atomic E-state index is 0.112. The van der Waals surface area contributed by atoms with Crippen molar-refractivity contribution in [3.63, 3.8) is 0 Å². The number of aryl methyl sites for hydroxylation is 1. The van der Waals surface area contributed by atoms with Gasteiger partial charge in [-0.1, -0.05) is 29.8 Å². The Morgan fingerprint density at radius 3 is 2.36 bits per heavy atom. The zero-order chi connectivity index (χ0) is 17.8. The molecular formula is C20H23N3O2. The van der Waals surface area contributed by atoms with Gasteiger partial charge >= 0.3 is 0 Å². The zero-order valence-corrected chi connectivity index (χ0v) is 14.7. The van der Waals surface area contributed by atoms with Gasteiger partial charge in [0.2, 0.25) is 5.91 Å². The maximum atomic E-state index is 12.6. The lowest BCUT2D eigenvalue weighted by atomic mass is 10.1. The van der Waals surface area contributed by atoms with E-state index in [1.807, 2.05) is 60.4 Å². The Labute approximate surface area is 148 Å². The van der Waals surface area contributed by atoms with E-state index in [1.54, 1.807) is 6.92 Å². The summed E-state index contributed by atoms with van der Waals surface area (Å²) >= 11 is 0. The van der Waals surface area contributed by atoms with Gasteiger partial charge in [-0.25, -0.2) is 0 Å². The van der Waals surface area contributed by atoms with Crippen LogP contribution in [0.5, 0.6) is 0 Å². The van der Waals surface area contributed by atoms with Crippen LogP contribution in [0.15, 0.2) is 48.5 Å². The van der Waals surface area contributed by atoms with E-state index < -0.39 is 0 Å². The highest BCUT2D eigenvalue weighted by Crippen LogP contribution is 2.27. The third kappa shape index (κ3) is 3.99. The van der Waals surface area contributed by atoms with Crippen molar-refractivity contribution in [2.24, 2.45) is 0 Å². The van der Waals surface area contributed by atoms with Crippen LogP contribution < -0.4 is 10.2 Å². The van der Waals surface area contributed by atoms with Crippen LogP contribution in [0.2, 0.25) is 0 Å². The molecule has 1 aliphatic rings. The summed E-state index contributed by atoms with van der Waals surface area (Å²) in [6.45, 7) is 6.50. The van der Waals surface area contributed by atoms with Crippen LogP contribution in [0.1, 0.15) is 22.8 Å². The Hall–Kier alpha value is -2.82. The quantitative estimate of drug-likeness (QED) is 0.937. The molecule has 130 valence electrons. The summed E-state index contributed by atoms with van der Waals surface area (Å²) in [5, 5.41) is 3.02.